The largest absolute Gasteiger partial charge is 0.487 e. The third-order valence-corrected chi connectivity index (χ3v) is 4.98. The average Bonchev–Trinajstić information content (AvgIpc) is 3.38. The lowest BCUT2D eigenvalue weighted by Crippen LogP contribution is -2.42. The van der Waals surface area contributed by atoms with Crippen LogP contribution in [0.3, 0.4) is 0 Å². The lowest BCUT2D eigenvalue weighted by Gasteiger charge is -2.22. The maximum absolute atomic E-state index is 12.0. The normalized spacial score (nSPS) is 16.7. The van der Waals surface area contributed by atoms with E-state index in [9.17, 15) is 4.79 Å². The topological polar surface area (TPSA) is 70.3 Å². The van der Waals surface area contributed by atoms with Gasteiger partial charge in [0, 0.05) is 40.0 Å². The number of carbonyl (C=O) groups is 1. The minimum atomic E-state index is -0.0431. The fourth-order valence-electron chi connectivity index (χ4n) is 3.04. The first-order chi connectivity index (χ1) is 14.0. The fourth-order valence-corrected chi connectivity index (χ4v) is 3.22. The van der Waals surface area contributed by atoms with Gasteiger partial charge >= 0.3 is 0 Å². The van der Waals surface area contributed by atoms with Gasteiger partial charge in [-0.25, -0.2) is 4.99 Å². The summed E-state index contributed by atoms with van der Waals surface area (Å²) in [4.78, 5) is 20.2. The van der Waals surface area contributed by atoms with Crippen LogP contribution in [-0.2, 0) is 11.2 Å². The maximum atomic E-state index is 12.0. The second-order valence-electron chi connectivity index (χ2n) is 7.09. The maximum Gasteiger partial charge on any atom is 0.243 e. The smallest absolute Gasteiger partial charge is 0.243 e. The van der Waals surface area contributed by atoms with E-state index in [0.29, 0.717) is 29.8 Å². The highest BCUT2D eigenvalue weighted by Gasteiger charge is 2.27. The standard InChI is InChI=1S/C21H27ClN4O3/c1-25(2)20(27)14-24-21(23-11-9-16-6-5-13-28-16)26-12-10-17(15-26)29-19-8-4-3-7-18(19)22/h3-8,13,17H,9-12,14-15H2,1-2H3,(H,23,24). The molecule has 1 amide bonds. The summed E-state index contributed by atoms with van der Waals surface area (Å²) in [5.74, 6) is 2.26. The van der Waals surface area contributed by atoms with Crippen LogP contribution in [-0.4, -0.2) is 68.0 Å². The number of guanidine groups is 1. The Kier molecular flexibility index (Phi) is 7.41. The summed E-state index contributed by atoms with van der Waals surface area (Å²) >= 11 is 6.21. The number of benzene rings is 1. The molecule has 0 bridgehead atoms. The highest BCUT2D eigenvalue weighted by Crippen LogP contribution is 2.26. The van der Waals surface area contributed by atoms with Crippen LogP contribution < -0.4 is 10.1 Å². The molecule has 1 N–H and O–H groups in total. The summed E-state index contributed by atoms with van der Waals surface area (Å²) in [5.41, 5.74) is 0. The van der Waals surface area contributed by atoms with Crippen LogP contribution in [0.15, 0.2) is 52.1 Å². The highest BCUT2D eigenvalue weighted by molar-refractivity contribution is 6.32. The number of amides is 1. The van der Waals surface area contributed by atoms with Crippen molar-refractivity contribution in [2.75, 3.05) is 40.3 Å². The fraction of sp³-hybridized carbons (Fsp3) is 0.429. The Morgan fingerprint density at radius 2 is 2.17 bits per heavy atom. The Labute approximate surface area is 176 Å². The zero-order chi connectivity index (χ0) is 20.6. The lowest BCUT2D eigenvalue weighted by atomic mass is 10.3. The Bertz CT molecular complexity index is 823. The molecule has 1 aromatic carbocycles. The van der Waals surface area contributed by atoms with Gasteiger partial charge in [-0.15, -0.1) is 0 Å². The predicted molar refractivity (Wildman–Crippen MR) is 113 cm³/mol. The number of hydrogen-bond donors (Lipinski definition) is 1. The van der Waals surface area contributed by atoms with Crippen molar-refractivity contribution >= 4 is 23.5 Å². The predicted octanol–water partition coefficient (Wildman–Crippen LogP) is 2.66. The minimum Gasteiger partial charge on any atom is -0.487 e. The Morgan fingerprint density at radius 1 is 1.34 bits per heavy atom. The van der Waals surface area contributed by atoms with Crippen molar-refractivity contribution in [3.63, 3.8) is 0 Å². The molecule has 3 rings (SSSR count). The number of rotatable bonds is 7. The van der Waals surface area contributed by atoms with Gasteiger partial charge in [-0.05, 0) is 24.3 Å². The zero-order valence-electron chi connectivity index (χ0n) is 16.8. The number of halogens is 1. The van der Waals surface area contributed by atoms with Crippen molar-refractivity contribution in [1.29, 1.82) is 0 Å². The Morgan fingerprint density at radius 3 is 2.90 bits per heavy atom. The van der Waals surface area contributed by atoms with E-state index in [1.165, 1.54) is 4.90 Å². The van der Waals surface area contributed by atoms with Crippen molar-refractivity contribution in [3.8, 4) is 5.75 Å². The third kappa shape index (κ3) is 6.15. The van der Waals surface area contributed by atoms with Gasteiger partial charge in [0.1, 0.15) is 24.2 Å². The lowest BCUT2D eigenvalue weighted by molar-refractivity contribution is -0.127. The van der Waals surface area contributed by atoms with Gasteiger partial charge < -0.3 is 24.3 Å². The van der Waals surface area contributed by atoms with Crippen LogP contribution in [0.1, 0.15) is 12.2 Å². The van der Waals surface area contributed by atoms with Crippen LogP contribution >= 0.6 is 11.6 Å². The van der Waals surface area contributed by atoms with E-state index in [4.69, 9.17) is 20.8 Å². The molecule has 0 aliphatic carbocycles. The number of para-hydroxylation sites is 1. The summed E-state index contributed by atoms with van der Waals surface area (Å²) in [6.45, 7) is 2.23. The van der Waals surface area contributed by atoms with Crippen LogP contribution in [0.4, 0.5) is 0 Å². The van der Waals surface area contributed by atoms with Gasteiger partial charge in [0.05, 0.1) is 17.8 Å². The van der Waals surface area contributed by atoms with Gasteiger partial charge in [-0.3, -0.25) is 4.79 Å². The van der Waals surface area contributed by atoms with E-state index in [1.54, 1.807) is 20.4 Å². The number of carbonyl (C=O) groups excluding carboxylic acids is 1. The van der Waals surface area contributed by atoms with Crippen LogP contribution in [0.25, 0.3) is 0 Å². The number of furan rings is 1. The highest BCUT2D eigenvalue weighted by atomic mass is 35.5. The Balaban J connectivity index is 1.60. The molecule has 1 unspecified atom stereocenters. The molecular formula is C21H27ClN4O3. The van der Waals surface area contributed by atoms with E-state index >= 15 is 0 Å². The van der Waals surface area contributed by atoms with Crippen LogP contribution in [0, 0.1) is 0 Å². The summed E-state index contributed by atoms with van der Waals surface area (Å²) in [6.07, 6.45) is 3.26. The molecule has 1 aromatic heterocycles. The monoisotopic (exact) mass is 418 g/mol. The molecule has 0 radical (unpaired) electrons. The first-order valence-corrected chi connectivity index (χ1v) is 10.1. The van der Waals surface area contributed by atoms with Crippen LogP contribution in [0.5, 0.6) is 5.75 Å². The molecule has 0 saturated carbocycles. The average molecular weight is 419 g/mol. The van der Waals surface area contributed by atoms with Crippen LogP contribution in [0.2, 0.25) is 5.02 Å². The summed E-state index contributed by atoms with van der Waals surface area (Å²) in [6, 6.07) is 11.3. The molecule has 8 heteroatoms. The molecule has 7 nitrogen and oxygen atoms in total. The molecule has 2 heterocycles. The van der Waals surface area contributed by atoms with Crippen molar-refractivity contribution in [3.05, 3.63) is 53.4 Å². The van der Waals surface area contributed by atoms with Gasteiger partial charge in [-0.1, -0.05) is 23.7 Å². The molecular weight excluding hydrogens is 392 g/mol. The first kappa shape index (κ1) is 21.0. The quantitative estimate of drug-likeness (QED) is 0.553. The van der Waals surface area contributed by atoms with E-state index in [1.807, 2.05) is 36.4 Å². The molecule has 156 valence electrons. The van der Waals surface area contributed by atoms with Crippen molar-refractivity contribution in [2.45, 2.75) is 18.9 Å². The molecule has 1 saturated heterocycles. The number of hydrogen-bond acceptors (Lipinski definition) is 4. The summed E-state index contributed by atoms with van der Waals surface area (Å²) in [5, 5.41) is 3.96. The van der Waals surface area contributed by atoms with E-state index in [-0.39, 0.29) is 18.6 Å². The van der Waals surface area contributed by atoms with E-state index in [0.717, 1.165) is 25.1 Å². The molecule has 1 aliphatic heterocycles. The van der Waals surface area contributed by atoms with Gasteiger partial charge in [0.2, 0.25) is 5.91 Å². The number of likely N-dealkylation sites (N-methyl/N-ethyl adjacent to an activating group) is 1. The number of likely N-dealkylation sites (tertiary alicyclic amines) is 1. The zero-order valence-corrected chi connectivity index (χ0v) is 17.6. The molecule has 1 aliphatic rings. The van der Waals surface area contributed by atoms with Crippen molar-refractivity contribution in [1.82, 2.24) is 15.1 Å². The van der Waals surface area contributed by atoms with Gasteiger partial charge in [0.25, 0.3) is 0 Å². The van der Waals surface area contributed by atoms with Gasteiger partial charge in [-0.2, -0.15) is 0 Å². The third-order valence-electron chi connectivity index (χ3n) is 4.67. The molecule has 29 heavy (non-hydrogen) atoms. The number of nitrogens with zero attached hydrogens (tertiary/aromatic N) is 3. The second-order valence-corrected chi connectivity index (χ2v) is 7.50. The minimum absolute atomic E-state index is 0.0107. The van der Waals surface area contributed by atoms with E-state index < -0.39 is 0 Å². The second kappa shape index (κ2) is 10.2. The van der Waals surface area contributed by atoms with E-state index in [2.05, 4.69) is 15.2 Å². The molecule has 2 aromatic rings. The number of ether oxygens (including phenoxy) is 1. The first-order valence-electron chi connectivity index (χ1n) is 9.70. The number of aliphatic imine (C=N–C) groups is 1. The molecule has 1 atom stereocenters. The molecule has 1 fully saturated rings. The SMILES string of the molecule is CN(C)C(=O)CN=C(NCCc1ccco1)N1CCC(Oc2ccccc2Cl)C1. The number of nitrogens with one attached hydrogen (secondary N) is 1. The van der Waals surface area contributed by atoms with Crippen molar-refractivity contribution in [2.24, 2.45) is 4.99 Å². The molecule has 0 spiro atoms. The Hall–Kier alpha value is -2.67. The van der Waals surface area contributed by atoms with Gasteiger partial charge in [0.15, 0.2) is 5.96 Å². The summed E-state index contributed by atoms with van der Waals surface area (Å²) in [7, 11) is 3.45. The summed E-state index contributed by atoms with van der Waals surface area (Å²) < 4.78 is 11.4. The van der Waals surface area contributed by atoms with Crippen molar-refractivity contribution < 1.29 is 13.9 Å².